The van der Waals surface area contributed by atoms with Gasteiger partial charge in [0.05, 0.1) is 18.2 Å². The second-order valence-corrected chi connectivity index (χ2v) is 6.49. The van der Waals surface area contributed by atoms with Gasteiger partial charge in [0.15, 0.2) is 11.5 Å². The first-order valence-electron chi connectivity index (χ1n) is 8.18. The van der Waals surface area contributed by atoms with Crippen LogP contribution in [0, 0.1) is 13.8 Å². The number of nitrogens with one attached hydrogen (secondary N) is 1. The molecule has 0 atom stereocenters. The fraction of sp³-hybridized carbons (Fsp3) is 0.250. The molecule has 0 spiro atoms. The summed E-state index contributed by atoms with van der Waals surface area (Å²) in [6, 6.07) is 9.51. The molecule has 3 rings (SSSR count). The number of ether oxygens (including phenoxy) is 2. The lowest BCUT2D eigenvalue weighted by Gasteiger charge is -2.10. The van der Waals surface area contributed by atoms with E-state index >= 15 is 0 Å². The zero-order chi connectivity index (χ0) is 17.8. The van der Waals surface area contributed by atoms with E-state index < -0.39 is 0 Å². The van der Waals surface area contributed by atoms with Gasteiger partial charge in [-0.3, -0.25) is 4.79 Å². The van der Waals surface area contributed by atoms with E-state index in [0.29, 0.717) is 29.7 Å². The predicted molar refractivity (Wildman–Crippen MR) is 101 cm³/mol. The van der Waals surface area contributed by atoms with Crippen LogP contribution in [0.2, 0.25) is 5.02 Å². The molecule has 0 saturated carbocycles. The Labute approximate surface area is 152 Å². The summed E-state index contributed by atoms with van der Waals surface area (Å²) in [6.07, 6.45) is 4.00. The van der Waals surface area contributed by atoms with Crippen LogP contribution in [0.25, 0.3) is 6.08 Å². The molecule has 0 bridgehead atoms. The Bertz CT molecular complexity index is 810. The SMILES string of the molecule is Cc1cc(C)cc(NC(=O)/C=C/c2cc(Cl)c3c(c2)OCCCO3)c1. The quantitative estimate of drug-likeness (QED) is 0.805. The molecule has 2 aromatic rings. The Morgan fingerprint density at radius 1 is 1.08 bits per heavy atom. The topological polar surface area (TPSA) is 47.6 Å². The number of carbonyl (C=O) groups excluding carboxylic acids is 1. The highest BCUT2D eigenvalue weighted by Gasteiger charge is 2.14. The summed E-state index contributed by atoms with van der Waals surface area (Å²) in [5.41, 5.74) is 3.77. The average molecular weight is 358 g/mol. The number of halogens is 1. The molecule has 0 saturated heterocycles. The molecule has 25 heavy (non-hydrogen) atoms. The van der Waals surface area contributed by atoms with Gasteiger partial charge in [-0.1, -0.05) is 17.7 Å². The van der Waals surface area contributed by atoms with E-state index in [0.717, 1.165) is 28.8 Å². The number of amides is 1. The van der Waals surface area contributed by atoms with Crippen LogP contribution in [0.4, 0.5) is 5.69 Å². The molecule has 0 aromatic heterocycles. The van der Waals surface area contributed by atoms with Gasteiger partial charge in [-0.25, -0.2) is 0 Å². The van der Waals surface area contributed by atoms with Gasteiger partial charge in [-0.15, -0.1) is 0 Å². The largest absolute Gasteiger partial charge is 0.489 e. The van der Waals surface area contributed by atoms with Gasteiger partial charge in [-0.2, -0.15) is 0 Å². The van der Waals surface area contributed by atoms with E-state index in [-0.39, 0.29) is 5.91 Å². The number of hydrogen-bond donors (Lipinski definition) is 1. The maximum Gasteiger partial charge on any atom is 0.248 e. The van der Waals surface area contributed by atoms with Crippen LogP contribution in [0.1, 0.15) is 23.1 Å². The summed E-state index contributed by atoms with van der Waals surface area (Å²) >= 11 is 6.26. The number of anilines is 1. The predicted octanol–water partition coefficient (Wildman–Crippen LogP) is 4.77. The summed E-state index contributed by atoms with van der Waals surface area (Å²) < 4.78 is 11.3. The van der Waals surface area contributed by atoms with Crippen molar-refractivity contribution < 1.29 is 14.3 Å². The number of rotatable bonds is 3. The first kappa shape index (κ1) is 17.4. The van der Waals surface area contributed by atoms with Crippen molar-refractivity contribution in [3.8, 4) is 11.5 Å². The van der Waals surface area contributed by atoms with Gasteiger partial charge in [-0.05, 0) is 60.9 Å². The Balaban J connectivity index is 1.74. The first-order chi connectivity index (χ1) is 12.0. The van der Waals surface area contributed by atoms with Crippen molar-refractivity contribution in [2.75, 3.05) is 18.5 Å². The van der Waals surface area contributed by atoms with Gasteiger partial charge in [0.1, 0.15) is 0 Å². The Kier molecular flexibility index (Phi) is 5.29. The average Bonchev–Trinajstić information content (AvgIpc) is 2.77. The number of carbonyl (C=O) groups is 1. The lowest BCUT2D eigenvalue weighted by atomic mass is 10.1. The summed E-state index contributed by atoms with van der Waals surface area (Å²) in [5, 5.41) is 3.35. The van der Waals surface area contributed by atoms with E-state index in [9.17, 15) is 4.79 Å². The minimum absolute atomic E-state index is 0.201. The maximum atomic E-state index is 12.2. The highest BCUT2D eigenvalue weighted by molar-refractivity contribution is 6.32. The molecule has 130 valence electrons. The van der Waals surface area contributed by atoms with Crippen molar-refractivity contribution >= 4 is 29.3 Å². The first-order valence-corrected chi connectivity index (χ1v) is 8.55. The molecule has 0 unspecified atom stereocenters. The molecular formula is C20H20ClNO3. The molecule has 1 aliphatic rings. The van der Waals surface area contributed by atoms with Crippen molar-refractivity contribution in [2.24, 2.45) is 0 Å². The second kappa shape index (κ2) is 7.62. The van der Waals surface area contributed by atoms with Crippen LogP contribution >= 0.6 is 11.6 Å². The Morgan fingerprint density at radius 2 is 1.80 bits per heavy atom. The number of aryl methyl sites for hydroxylation is 2. The molecule has 4 nitrogen and oxygen atoms in total. The Hall–Kier alpha value is -2.46. The monoisotopic (exact) mass is 357 g/mol. The summed E-state index contributed by atoms with van der Waals surface area (Å²) in [5.74, 6) is 0.976. The van der Waals surface area contributed by atoms with Crippen LogP contribution in [0.5, 0.6) is 11.5 Å². The third kappa shape index (κ3) is 4.54. The lowest BCUT2D eigenvalue weighted by Crippen LogP contribution is -2.08. The molecule has 1 heterocycles. The molecule has 1 N–H and O–H groups in total. The zero-order valence-electron chi connectivity index (χ0n) is 14.3. The third-order valence-corrected chi connectivity index (χ3v) is 4.02. The van der Waals surface area contributed by atoms with Crippen molar-refractivity contribution in [3.05, 3.63) is 58.1 Å². The van der Waals surface area contributed by atoms with Crippen molar-refractivity contribution in [1.29, 1.82) is 0 Å². The van der Waals surface area contributed by atoms with Crippen LogP contribution in [-0.2, 0) is 4.79 Å². The minimum Gasteiger partial charge on any atom is -0.489 e. The minimum atomic E-state index is -0.201. The fourth-order valence-corrected chi connectivity index (χ4v) is 3.02. The molecule has 1 aliphatic heterocycles. The van der Waals surface area contributed by atoms with Gasteiger partial charge < -0.3 is 14.8 Å². The van der Waals surface area contributed by atoms with Crippen molar-refractivity contribution in [2.45, 2.75) is 20.3 Å². The van der Waals surface area contributed by atoms with E-state index in [1.165, 1.54) is 6.08 Å². The third-order valence-electron chi connectivity index (χ3n) is 3.74. The highest BCUT2D eigenvalue weighted by atomic mass is 35.5. The van der Waals surface area contributed by atoms with Crippen molar-refractivity contribution in [3.63, 3.8) is 0 Å². The number of hydrogen-bond acceptors (Lipinski definition) is 3. The summed E-state index contributed by atoms with van der Waals surface area (Å²) in [6.45, 7) is 5.17. The van der Waals surface area contributed by atoms with Gasteiger partial charge in [0, 0.05) is 18.2 Å². The van der Waals surface area contributed by atoms with E-state index in [2.05, 4.69) is 11.4 Å². The second-order valence-electron chi connectivity index (χ2n) is 6.08. The molecular weight excluding hydrogens is 338 g/mol. The van der Waals surface area contributed by atoms with E-state index in [4.69, 9.17) is 21.1 Å². The smallest absolute Gasteiger partial charge is 0.248 e. The number of benzene rings is 2. The maximum absolute atomic E-state index is 12.2. The standard InChI is InChI=1S/C20H20ClNO3/c1-13-8-14(2)10-16(9-13)22-19(23)5-4-15-11-17(21)20-18(12-15)24-6-3-7-25-20/h4-5,8-12H,3,6-7H2,1-2H3,(H,22,23)/b5-4+. The number of fused-ring (bicyclic) bond motifs is 1. The molecule has 0 radical (unpaired) electrons. The summed E-state index contributed by atoms with van der Waals surface area (Å²) in [4.78, 5) is 12.2. The molecule has 1 amide bonds. The molecule has 2 aromatic carbocycles. The molecule has 5 heteroatoms. The van der Waals surface area contributed by atoms with E-state index in [1.807, 2.05) is 32.0 Å². The molecule has 0 fully saturated rings. The zero-order valence-corrected chi connectivity index (χ0v) is 15.0. The van der Waals surface area contributed by atoms with E-state index in [1.54, 1.807) is 12.1 Å². The van der Waals surface area contributed by atoms with Crippen LogP contribution in [0.3, 0.4) is 0 Å². The fourth-order valence-electron chi connectivity index (χ4n) is 2.75. The van der Waals surface area contributed by atoms with Crippen LogP contribution in [0.15, 0.2) is 36.4 Å². The van der Waals surface area contributed by atoms with Gasteiger partial charge in [0.25, 0.3) is 0 Å². The lowest BCUT2D eigenvalue weighted by molar-refractivity contribution is -0.111. The van der Waals surface area contributed by atoms with Crippen LogP contribution in [-0.4, -0.2) is 19.1 Å². The normalized spacial score (nSPS) is 13.6. The molecule has 0 aliphatic carbocycles. The highest BCUT2D eigenvalue weighted by Crippen LogP contribution is 2.38. The summed E-state index contributed by atoms with van der Waals surface area (Å²) in [7, 11) is 0. The van der Waals surface area contributed by atoms with Crippen molar-refractivity contribution in [1.82, 2.24) is 0 Å². The van der Waals surface area contributed by atoms with Gasteiger partial charge in [0.2, 0.25) is 5.91 Å². The Morgan fingerprint density at radius 3 is 2.56 bits per heavy atom. The van der Waals surface area contributed by atoms with Gasteiger partial charge >= 0.3 is 0 Å². The van der Waals surface area contributed by atoms with Crippen LogP contribution < -0.4 is 14.8 Å².